The molecule has 112 valence electrons. The summed E-state index contributed by atoms with van der Waals surface area (Å²) < 4.78 is 5.10. The van der Waals surface area contributed by atoms with Crippen LogP contribution in [0.25, 0.3) is 0 Å². The van der Waals surface area contributed by atoms with E-state index in [4.69, 9.17) is 4.52 Å². The molecule has 0 spiro atoms. The fourth-order valence-electron chi connectivity index (χ4n) is 3.01. The van der Waals surface area contributed by atoms with Crippen LogP contribution >= 0.6 is 0 Å². The predicted molar refractivity (Wildman–Crippen MR) is 75.3 cm³/mol. The highest BCUT2D eigenvalue weighted by Crippen LogP contribution is 2.28. The Bertz CT molecular complexity index is 442. The molecule has 0 bridgehead atoms. The molecule has 2 rings (SSSR count). The van der Waals surface area contributed by atoms with E-state index in [1.807, 2.05) is 13.8 Å². The first-order valence-corrected chi connectivity index (χ1v) is 7.40. The first kappa shape index (κ1) is 15.0. The van der Waals surface area contributed by atoms with Crippen molar-refractivity contribution in [2.24, 2.45) is 0 Å². The molecular formula is C15H24N2O3. The van der Waals surface area contributed by atoms with Gasteiger partial charge in [0.1, 0.15) is 5.76 Å². The monoisotopic (exact) mass is 280 g/mol. The molecule has 1 fully saturated rings. The zero-order valence-corrected chi connectivity index (χ0v) is 12.4. The van der Waals surface area contributed by atoms with E-state index in [1.165, 1.54) is 6.42 Å². The number of carbonyl (C=O) groups is 1. The van der Waals surface area contributed by atoms with Crippen molar-refractivity contribution in [3.63, 3.8) is 0 Å². The molecule has 2 N–H and O–H groups in total. The Morgan fingerprint density at radius 2 is 2.05 bits per heavy atom. The van der Waals surface area contributed by atoms with Gasteiger partial charge in [-0.1, -0.05) is 24.4 Å². The molecule has 1 saturated carbocycles. The Kier molecular flexibility index (Phi) is 4.81. The van der Waals surface area contributed by atoms with Crippen LogP contribution in [0.2, 0.25) is 0 Å². The predicted octanol–water partition coefficient (Wildman–Crippen LogP) is 2.04. The summed E-state index contributed by atoms with van der Waals surface area (Å²) >= 11 is 0. The summed E-state index contributed by atoms with van der Waals surface area (Å²) in [7, 11) is 0. The Hall–Kier alpha value is -1.36. The zero-order chi connectivity index (χ0) is 14.6. The Balaban J connectivity index is 1.89. The molecule has 0 saturated heterocycles. The van der Waals surface area contributed by atoms with Crippen molar-refractivity contribution in [2.75, 3.05) is 6.61 Å². The minimum atomic E-state index is -0.395. The molecule has 0 unspecified atom stereocenters. The summed E-state index contributed by atoms with van der Waals surface area (Å²) in [6.07, 6.45) is 6.13. The molecule has 0 aliphatic heterocycles. The van der Waals surface area contributed by atoms with Crippen molar-refractivity contribution < 1.29 is 14.4 Å². The molecule has 0 atom stereocenters. The van der Waals surface area contributed by atoms with Crippen LogP contribution in [-0.2, 0) is 11.2 Å². The number of aliphatic hydroxyl groups is 1. The van der Waals surface area contributed by atoms with E-state index < -0.39 is 5.54 Å². The van der Waals surface area contributed by atoms with Gasteiger partial charge < -0.3 is 14.9 Å². The van der Waals surface area contributed by atoms with Crippen LogP contribution in [0.3, 0.4) is 0 Å². The molecule has 1 aliphatic carbocycles. The lowest BCUT2D eigenvalue weighted by atomic mass is 9.82. The number of aryl methyl sites for hydroxylation is 2. The van der Waals surface area contributed by atoms with Crippen LogP contribution in [0, 0.1) is 13.8 Å². The summed E-state index contributed by atoms with van der Waals surface area (Å²) in [6, 6.07) is 0. The number of carbonyl (C=O) groups excluding carboxylic acids is 1. The average molecular weight is 280 g/mol. The van der Waals surface area contributed by atoms with Crippen molar-refractivity contribution in [1.29, 1.82) is 0 Å². The first-order valence-electron chi connectivity index (χ1n) is 7.40. The maximum atomic E-state index is 12.1. The second kappa shape index (κ2) is 6.39. The standard InChI is InChI=1S/C15H24N2O3/c1-11-13(12(2)20-17-11)6-7-14(19)16-15(10-18)8-4-3-5-9-15/h18H,3-10H2,1-2H3,(H,16,19). The quantitative estimate of drug-likeness (QED) is 0.865. The molecule has 0 radical (unpaired) electrons. The highest BCUT2D eigenvalue weighted by molar-refractivity contribution is 5.77. The Morgan fingerprint density at radius 1 is 1.35 bits per heavy atom. The topological polar surface area (TPSA) is 75.4 Å². The van der Waals surface area contributed by atoms with Crippen LogP contribution in [0.1, 0.15) is 55.5 Å². The Labute approximate surface area is 119 Å². The number of nitrogens with zero attached hydrogens (tertiary/aromatic N) is 1. The summed E-state index contributed by atoms with van der Waals surface area (Å²) in [4.78, 5) is 12.1. The van der Waals surface area contributed by atoms with Gasteiger partial charge in [0.2, 0.25) is 5.91 Å². The van der Waals surface area contributed by atoms with E-state index in [9.17, 15) is 9.90 Å². The zero-order valence-electron chi connectivity index (χ0n) is 12.4. The summed E-state index contributed by atoms with van der Waals surface area (Å²) in [5.74, 6) is 0.783. The smallest absolute Gasteiger partial charge is 0.220 e. The average Bonchev–Trinajstić information content (AvgIpc) is 2.77. The SMILES string of the molecule is Cc1noc(C)c1CCC(=O)NC1(CO)CCCCC1. The second-order valence-electron chi connectivity index (χ2n) is 5.85. The normalized spacial score (nSPS) is 17.9. The van der Waals surface area contributed by atoms with Crippen molar-refractivity contribution in [3.8, 4) is 0 Å². The number of aliphatic hydroxyl groups excluding tert-OH is 1. The van der Waals surface area contributed by atoms with Gasteiger partial charge in [-0.25, -0.2) is 0 Å². The van der Waals surface area contributed by atoms with Crippen LogP contribution in [-0.4, -0.2) is 28.3 Å². The van der Waals surface area contributed by atoms with Crippen LogP contribution in [0.5, 0.6) is 0 Å². The molecule has 1 aromatic rings. The van der Waals surface area contributed by atoms with Crippen molar-refractivity contribution in [3.05, 3.63) is 17.0 Å². The lowest BCUT2D eigenvalue weighted by Gasteiger charge is -2.36. The minimum Gasteiger partial charge on any atom is -0.394 e. The van der Waals surface area contributed by atoms with Gasteiger partial charge in [0.05, 0.1) is 17.8 Å². The highest BCUT2D eigenvalue weighted by Gasteiger charge is 2.32. The number of aromatic nitrogens is 1. The van der Waals surface area contributed by atoms with E-state index in [1.54, 1.807) is 0 Å². The summed E-state index contributed by atoms with van der Waals surface area (Å²) in [5.41, 5.74) is 1.47. The Morgan fingerprint density at radius 3 is 2.60 bits per heavy atom. The third kappa shape index (κ3) is 3.39. The fourth-order valence-corrected chi connectivity index (χ4v) is 3.01. The van der Waals surface area contributed by atoms with E-state index in [0.717, 1.165) is 42.7 Å². The largest absolute Gasteiger partial charge is 0.394 e. The van der Waals surface area contributed by atoms with E-state index >= 15 is 0 Å². The number of rotatable bonds is 5. The third-order valence-electron chi connectivity index (χ3n) is 4.30. The van der Waals surface area contributed by atoms with E-state index in [2.05, 4.69) is 10.5 Å². The van der Waals surface area contributed by atoms with Gasteiger partial charge in [-0.05, 0) is 33.1 Å². The van der Waals surface area contributed by atoms with Crippen molar-refractivity contribution in [2.45, 2.75) is 64.3 Å². The summed E-state index contributed by atoms with van der Waals surface area (Å²) in [6.45, 7) is 3.79. The van der Waals surface area contributed by atoms with E-state index in [-0.39, 0.29) is 12.5 Å². The lowest BCUT2D eigenvalue weighted by Crippen LogP contribution is -2.52. The van der Waals surface area contributed by atoms with Crippen molar-refractivity contribution in [1.82, 2.24) is 10.5 Å². The molecule has 5 nitrogen and oxygen atoms in total. The van der Waals surface area contributed by atoms with Crippen molar-refractivity contribution >= 4 is 5.91 Å². The van der Waals surface area contributed by atoms with Gasteiger partial charge >= 0.3 is 0 Å². The molecule has 20 heavy (non-hydrogen) atoms. The van der Waals surface area contributed by atoms with Crippen LogP contribution in [0.15, 0.2) is 4.52 Å². The lowest BCUT2D eigenvalue weighted by molar-refractivity contribution is -0.124. The maximum Gasteiger partial charge on any atom is 0.220 e. The number of hydrogen-bond acceptors (Lipinski definition) is 4. The first-order chi connectivity index (χ1) is 9.56. The second-order valence-corrected chi connectivity index (χ2v) is 5.85. The number of amides is 1. The van der Waals surface area contributed by atoms with Gasteiger partial charge in [0.15, 0.2) is 0 Å². The third-order valence-corrected chi connectivity index (χ3v) is 4.30. The molecule has 1 aliphatic rings. The molecule has 5 heteroatoms. The van der Waals surface area contributed by atoms with Crippen LogP contribution < -0.4 is 5.32 Å². The van der Waals surface area contributed by atoms with Gasteiger partial charge in [-0.3, -0.25) is 4.79 Å². The maximum absolute atomic E-state index is 12.1. The molecule has 1 amide bonds. The minimum absolute atomic E-state index is 0.000880. The summed E-state index contributed by atoms with van der Waals surface area (Å²) in [5, 5.41) is 16.5. The molecule has 1 heterocycles. The van der Waals surface area contributed by atoms with Gasteiger partial charge in [0, 0.05) is 12.0 Å². The number of hydrogen-bond donors (Lipinski definition) is 2. The molecule has 1 aromatic heterocycles. The highest BCUT2D eigenvalue weighted by atomic mass is 16.5. The number of nitrogens with one attached hydrogen (secondary N) is 1. The van der Waals surface area contributed by atoms with Gasteiger partial charge in [0.25, 0.3) is 0 Å². The van der Waals surface area contributed by atoms with Gasteiger partial charge in [-0.2, -0.15) is 0 Å². The fraction of sp³-hybridized carbons (Fsp3) is 0.733. The van der Waals surface area contributed by atoms with Crippen LogP contribution in [0.4, 0.5) is 0 Å². The molecule has 0 aromatic carbocycles. The van der Waals surface area contributed by atoms with E-state index in [0.29, 0.717) is 12.8 Å². The molecular weight excluding hydrogens is 256 g/mol. The van der Waals surface area contributed by atoms with Gasteiger partial charge in [-0.15, -0.1) is 0 Å².